The van der Waals surface area contributed by atoms with Gasteiger partial charge in [0.05, 0.1) is 0 Å². The Balaban J connectivity index is 1.90. The molecule has 0 aliphatic carbocycles. The number of alkyl halides is 2. The second-order valence-corrected chi connectivity index (χ2v) is 6.17. The van der Waals surface area contributed by atoms with Crippen LogP contribution in [0, 0.1) is 0 Å². The first-order chi connectivity index (χ1) is 13.4. The minimum Gasteiger partial charge on any atom is -0.481 e. The monoisotopic (exact) mass is 392 g/mol. The van der Waals surface area contributed by atoms with Crippen molar-refractivity contribution in [2.75, 3.05) is 0 Å². The highest BCUT2D eigenvalue weighted by molar-refractivity contribution is 5.74. The quantitative estimate of drug-likeness (QED) is 0.577. The Morgan fingerprint density at radius 3 is 2.43 bits per heavy atom. The van der Waals surface area contributed by atoms with Gasteiger partial charge in [-0.05, 0) is 36.1 Å². The second-order valence-electron chi connectivity index (χ2n) is 6.17. The summed E-state index contributed by atoms with van der Waals surface area (Å²) >= 11 is 0. The van der Waals surface area contributed by atoms with Crippen molar-refractivity contribution in [2.45, 2.75) is 38.5 Å². The molecule has 3 N–H and O–H groups in total. The Morgan fingerprint density at radius 2 is 1.75 bits per heavy atom. The first-order valence-corrected chi connectivity index (χ1v) is 8.76. The van der Waals surface area contributed by atoms with Crippen molar-refractivity contribution in [3.8, 4) is 5.75 Å². The van der Waals surface area contributed by atoms with E-state index in [2.05, 4.69) is 15.4 Å². The highest BCUT2D eigenvalue weighted by Crippen LogP contribution is 2.15. The molecule has 0 saturated carbocycles. The number of urea groups is 1. The Hall–Kier alpha value is -3.16. The van der Waals surface area contributed by atoms with Gasteiger partial charge in [0, 0.05) is 19.0 Å². The predicted octanol–water partition coefficient (Wildman–Crippen LogP) is 3.56. The number of hydrogen-bond donors (Lipinski definition) is 3. The zero-order chi connectivity index (χ0) is 20.4. The van der Waals surface area contributed by atoms with E-state index in [4.69, 9.17) is 5.11 Å². The molecule has 6 nitrogen and oxygen atoms in total. The molecule has 28 heavy (non-hydrogen) atoms. The number of rotatable bonds is 10. The molecule has 1 atom stereocenters. The highest BCUT2D eigenvalue weighted by Gasteiger charge is 2.15. The molecule has 2 rings (SSSR count). The number of ether oxygens (including phenoxy) is 1. The standard InChI is InChI=1S/C20H22F2N2O4/c21-19(22)28-17-8-4-7-15(12-17)13-23-20(27)24-16(9-10-18(25)26)11-14-5-2-1-3-6-14/h1-8,12,16,19H,9-11,13H2,(H,25,26)(H2,23,24,27). The number of nitrogens with one attached hydrogen (secondary N) is 2. The van der Waals surface area contributed by atoms with Gasteiger partial charge in [-0.1, -0.05) is 42.5 Å². The van der Waals surface area contributed by atoms with Gasteiger partial charge in [0.2, 0.25) is 0 Å². The maximum Gasteiger partial charge on any atom is 0.387 e. The normalized spacial score (nSPS) is 11.7. The molecule has 0 radical (unpaired) electrons. The molecule has 0 aliphatic heterocycles. The number of carboxylic acids is 1. The molecule has 2 aromatic rings. The number of amides is 2. The zero-order valence-corrected chi connectivity index (χ0v) is 15.1. The van der Waals surface area contributed by atoms with E-state index in [0.717, 1.165) is 5.56 Å². The minimum atomic E-state index is -2.92. The molecule has 0 spiro atoms. The van der Waals surface area contributed by atoms with Crippen LogP contribution in [0.2, 0.25) is 0 Å². The average Bonchev–Trinajstić information content (AvgIpc) is 2.65. The van der Waals surface area contributed by atoms with Crippen LogP contribution >= 0.6 is 0 Å². The summed E-state index contributed by atoms with van der Waals surface area (Å²) < 4.78 is 28.9. The Bertz CT molecular complexity index is 772. The molecular weight excluding hydrogens is 370 g/mol. The van der Waals surface area contributed by atoms with E-state index >= 15 is 0 Å². The van der Waals surface area contributed by atoms with Crippen molar-refractivity contribution in [3.05, 3.63) is 65.7 Å². The number of hydrogen-bond acceptors (Lipinski definition) is 3. The molecule has 1 unspecified atom stereocenters. The molecular formula is C20H22F2N2O4. The number of carboxylic acid groups (broad SMARTS) is 1. The van der Waals surface area contributed by atoms with Gasteiger partial charge in [0.25, 0.3) is 0 Å². The maximum absolute atomic E-state index is 12.3. The van der Waals surface area contributed by atoms with Crippen molar-refractivity contribution >= 4 is 12.0 Å². The van der Waals surface area contributed by atoms with E-state index in [1.807, 2.05) is 30.3 Å². The Morgan fingerprint density at radius 1 is 1.04 bits per heavy atom. The second kappa shape index (κ2) is 10.9. The van der Waals surface area contributed by atoms with E-state index in [1.54, 1.807) is 12.1 Å². The first-order valence-electron chi connectivity index (χ1n) is 8.76. The van der Waals surface area contributed by atoms with Gasteiger partial charge in [0.1, 0.15) is 5.75 Å². The van der Waals surface area contributed by atoms with Gasteiger partial charge in [-0.2, -0.15) is 8.78 Å². The van der Waals surface area contributed by atoms with Gasteiger partial charge in [-0.3, -0.25) is 4.79 Å². The largest absolute Gasteiger partial charge is 0.481 e. The fourth-order valence-electron chi connectivity index (χ4n) is 2.67. The summed E-state index contributed by atoms with van der Waals surface area (Å²) in [6.45, 7) is -2.80. The third-order valence-corrected chi connectivity index (χ3v) is 3.94. The predicted molar refractivity (Wildman–Crippen MR) is 99.2 cm³/mol. The molecule has 0 bridgehead atoms. The highest BCUT2D eigenvalue weighted by atomic mass is 19.3. The molecule has 8 heteroatoms. The van der Waals surface area contributed by atoms with Crippen LogP contribution in [-0.2, 0) is 17.8 Å². The van der Waals surface area contributed by atoms with Crippen LogP contribution in [0.4, 0.5) is 13.6 Å². The van der Waals surface area contributed by atoms with Crippen molar-refractivity contribution < 1.29 is 28.2 Å². The van der Waals surface area contributed by atoms with Crippen molar-refractivity contribution in [3.63, 3.8) is 0 Å². The molecule has 0 aromatic heterocycles. The molecule has 2 aromatic carbocycles. The van der Waals surface area contributed by atoms with Gasteiger partial charge in [-0.15, -0.1) is 0 Å². The number of carbonyl (C=O) groups excluding carboxylic acids is 1. The molecule has 0 aliphatic rings. The zero-order valence-electron chi connectivity index (χ0n) is 15.1. The molecule has 0 fully saturated rings. The number of benzene rings is 2. The third kappa shape index (κ3) is 8.03. The van der Waals surface area contributed by atoms with E-state index in [9.17, 15) is 18.4 Å². The lowest BCUT2D eigenvalue weighted by Crippen LogP contribution is -2.43. The SMILES string of the molecule is O=C(O)CCC(Cc1ccccc1)NC(=O)NCc1cccc(OC(F)F)c1. The lowest BCUT2D eigenvalue weighted by atomic mass is 10.0. The van der Waals surface area contributed by atoms with Crippen LogP contribution < -0.4 is 15.4 Å². The van der Waals surface area contributed by atoms with Crippen LogP contribution in [0.15, 0.2) is 54.6 Å². The van der Waals surface area contributed by atoms with Gasteiger partial charge < -0.3 is 20.5 Å². The van der Waals surface area contributed by atoms with Gasteiger partial charge >= 0.3 is 18.6 Å². The van der Waals surface area contributed by atoms with E-state index in [1.165, 1.54) is 12.1 Å². The first kappa shape index (κ1) is 21.1. The summed E-state index contributed by atoms with van der Waals surface area (Å²) in [5, 5.41) is 14.3. The minimum absolute atomic E-state index is 0.0121. The van der Waals surface area contributed by atoms with Crippen molar-refractivity contribution in [1.29, 1.82) is 0 Å². The fourth-order valence-corrected chi connectivity index (χ4v) is 2.67. The number of carbonyl (C=O) groups is 2. The van der Waals surface area contributed by atoms with Crippen LogP contribution in [0.1, 0.15) is 24.0 Å². The number of aliphatic carboxylic acids is 1. The van der Waals surface area contributed by atoms with Crippen molar-refractivity contribution in [1.82, 2.24) is 10.6 Å². The third-order valence-electron chi connectivity index (χ3n) is 3.94. The van der Waals surface area contributed by atoms with Crippen LogP contribution in [0.25, 0.3) is 0 Å². The summed E-state index contributed by atoms with van der Waals surface area (Å²) in [7, 11) is 0. The average molecular weight is 392 g/mol. The molecule has 0 heterocycles. The van der Waals surface area contributed by atoms with E-state index < -0.39 is 18.6 Å². The lowest BCUT2D eigenvalue weighted by molar-refractivity contribution is -0.137. The molecule has 150 valence electrons. The van der Waals surface area contributed by atoms with E-state index in [-0.39, 0.29) is 31.2 Å². The lowest BCUT2D eigenvalue weighted by Gasteiger charge is -2.19. The van der Waals surface area contributed by atoms with Crippen LogP contribution in [0.3, 0.4) is 0 Å². The van der Waals surface area contributed by atoms with Gasteiger partial charge in [0.15, 0.2) is 0 Å². The smallest absolute Gasteiger partial charge is 0.387 e. The summed E-state index contributed by atoms with van der Waals surface area (Å²) in [5.41, 5.74) is 1.58. The summed E-state index contributed by atoms with van der Waals surface area (Å²) in [6.07, 6.45) is 0.722. The van der Waals surface area contributed by atoms with Crippen molar-refractivity contribution in [2.24, 2.45) is 0 Å². The fraction of sp³-hybridized carbons (Fsp3) is 0.300. The van der Waals surface area contributed by atoms with Crippen LogP contribution in [-0.4, -0.2) is 29.8 Å². The number of halogens is 2. The Kier molecular flexibility index (Phi) is 8.20. The van der Waals surface area contributed by atoms with Crippen LogP contribution in [0.5, 0.6) is 5.75 Å². The Labute approximate surface area is 161 Å². The topological polar surface area (TPSA) is 87.7 Å². The van der Waals surface area contributed by atoms with E-state index in [0.29, 0.717) is 12.0 Å². The van der Waals surface area contributed by atoms with Gasteiger partial charge in [-0.25, -0.2) is 4.79 Å². The maximum atomic E-state index is 12.3. The molecule has 2 amide bonds. The summed E-state index contributed by atoms with van der Waals surface area (Å²) in [6, 6.07) is 14.7. The molecule has 0 saturated heterocycles. The summed E-state index contributed by atoms with van der Waals surface area (Å²) in [4.78, 5) is 23.1. The summed E-state index contributed by atoms with van der Waals surface area (Å²) in [5.74, 6) is -0.922.